The van der Waals surface area contributed by atoms with Gasteiger partial charge in [0.25, 0.3) is 10.0 Å². The smallest absolute Gasteiger partial charge is 0.341 e. The highest BCUT2D eigenvalue weighted by atomic mass is 32.2. The van der Waals surface area contributed by atoms with Crippen LogP contribution in [0.4, 0.5) is 14.5 Å². The highest BCUT2D eigenvalue weighted by Crippen LogP contribution is 2.22. The molecule has 0 atom stereocenters. The zero-order valence-electron chi connectivity index (χ0n) is 12.0. The summed E-state index contributed by atoms with van der Waals surface area (Å²) in [6, 6.07) is 7.34. The fraction of sp³-hybridized carbons (Fsp3) is 0.133. The number of rotatable bonds is 5. The molecule has 2 aromatic rings. The monoisotopic (exact) mass is 341 g/mol. The van der Waals surface area contributed by atoms with Crippen molar-refractivity contribution < 1.29 is 27.1 Å². The first-order valence-corrected chi connectivity index (χ1v) is 8.07. The Labute approximate surface area is 131 Å². The first kappa shape index (κ1) is 16.9. The summed E-state index contributed by atoms with van der Waals surface area (Å²) in [5.41, 5.74) is -0.751. The van der Waals surface area contributed by atoms with Crippen molar-refractivity contribution in [2.75, 3.05) is 4.72 Å². The van der Waals surface area contributed by atoms with Crippen LogP contribution in [0.1, 0.15) is 22.8 Å². The summed E-state index contributed by atoms with van der Waals surface area (Å²) in [4.78, 5) is 10.7. The van der Waals surface area contributed by atoms with E-state index in [-0.39, 0.29) is 4.90 Å². The number of carboxylic acid groups (broad SMARTS) is 1. The average Bonchev–Trinajstić information content (AvgIpc) is 2.45. The van der Waals surface area contributed by atoms with Gasteiger partial charge in [-0.05, 0) is 36.2 Å². The topological polar surface area (TPSA) is 83.5 Å². The van der Waals surface area contributed by atoms with Gasteiger partial charge in [0.2, 0.25) is 0 Å². The molecule has 23 heavy (non-hydrogen) atoms. The molecule has 2 N–H and O–H groups in total. The van der Waals surface area contributed by atoms with E-state index in [0.29, 0.717) is 18.6 Å². The maximum Gasteiger partial charge on any atom is 0.341 e. The normalized spacial score (nSPS) is 11.3. The quantitative estimate of drug-likeness (QED) is 0.876. The van der Waals surface area contributed by atoms with Gasteiger partial charge in [0.15, 0.2) is 0 Å². The average molecular weight is 341 g/mol. The molecule has 0 saturated heterocycles. The zero-order valence-corrected chi connectivity index (χ0v) is 12.8. The van der Waals surface area contributed by atoms with Crippen LogP contribution in [0.15, 0.2) is 41.3 Å². The summed E-state index contributed by atoms with van der Waals surface area (Å²) in [6.45, 7) is 1.86. The molecule has 0 aliphatic carbocycles. The Balaban J connectivity index is 2.39. The van der Waals surface area contributed by atoms with Gasteiger partial charge in [-0.3, -0.25) is 4.72 Å². The van der Waals surface area contributed by atoms with Gasteiger partial charge in [-0.1, -0.05) is 19.1 Å². The molecule has 0 radical (unpaired) electrons. The van der Waals surface area contributed by atoms with Gasteiger partial charge in [-0.2, -0.15) is 0 Å². The molecule has 0 unspecified atom stereocenters. The van der Waals surface area contributed by atoms with Crippen molar-refractivity contribution >= 4 is 21.7 Å². The van der Waals surface area contributed by atoms with E-state index in [2.05, 4.69) is 0 Å². The van der Waals surface area contributed by atoms with Crippen LogP contribution in [0, 0.1) is 11.6 Å². The van der Waals surface area contributed by atoms with Crippen LogP contribution in [0.2, 0.25) is 0 Å². The van der Waals surface area contributed by atoms with Gasteiger partial charge in [-0.15, -0.1) is 0 Å². The maximum absolute atomic E-state index is 13.6. The molecule has 2 rings (SSSR count). The Hall–Kier alpha value is -2.48. The van der Waals surface area contributed by atoms with Gasteiger partial charge in [0.1, 0.15) is 17.2 Å². The van der Waals surface area contributed by atoms with Crippen molar-refractivity contribution in [2.45, 2.75) is 18.2 Å². The van der Waals surface area contributed by atoms with Gasteiger partial charge >= 0.3 is 5.97 Å². The molecule has 0 spiro atoms. The van der Waals surface area contributed by atoms with Crippen molar-refractivity contribution in [2.24, 2.45) is 0 Å². The van der Waals surface area contributed by atoms with Gasteiger partial charge in [0.05, 0.1) is 10.6 Å². The lowest BCUT2D eigenvalue weighted by Crippen LogP contribution is -2.14. The number of aryl methyl sites for hydroxylation is 1. The molecule has 0 aromatic heterocycles. The molecule has 2 aromatic carbocycles. The third-order valence-electron chi connectivity index (χ3n) is 3.13. The van der Waals surface area contributed by atoms with Crippen molar-refractivity contribution in [3.05, 3.63) is 59.2 Å². The Morgan fingerprint density at radius 2 is 1.78 bits per heavy atom. The third-order valence-corrected chi connectivity index (χ3v) is 4.50. The van der Waals surface area contributed by atoms with Crippen LogP contribution in [0.3, 0.4) is 0 Å². The lowest BCUT2D eigenvalue weighted by Gasteiger charge is -2.10. The Bertz CT molecular complexity index is 843. The first-order valence-electron chi connectivity index (χ1n) is 6.58. The van der Waals surface area contributed by atoms with E-state index >= 15 is 0 Å². The lowest BCUT2D eigenvalue weighted by atomic mass is 10.2. The predicted molar refractivity (Wildman–Crippen MR) is 79.9 cm³/mol. The molecule has 0 aliphatic rings. The summed E-state index contributed by atoms with van der Waals surface area (Å²) < 4.78 is 53.7. The summed E-state index contributed by atoms with van der Waals surface area (Å²) >= 11 is 0. The van der Waals surface area contributed by atoms with E-state index in [9.17, 15) is 22.0 Å². The van der Waals surface area contributed by atoms with Crippen LogP contribution in [-0.2, 0) is 16.4 Å². The minimum Gasteiger partial charge on any atom is -0.477 e. The third kappa shape index (κ3) is 3.65. The Morgan fingerprint density at radius 1 is 1.17 bits per heavy atom. The highest BCUT2D eigenvalue weighted by Gasteiger charge is 2.20. The first-order chi connectivity index (χ1) is 10.7. The van der Waals surface area contributed by atoms with Crippen LogP contribution < -0.4 is 4.72 Å². The molecule has 0 bridgehead atoms. The van der Waals surface area contributed by atoms with E-state index < -0.39 is 38.9 Å². The number of sulfonamides is 1. The molecule has 0 amide bonds. The molecule has 0 saturated carbocycles. The standard InChI is InChI=1S/C15H13F2NO4S/c1-2-9-4-3-5-11(6-9)23(21,22)18-10-7-12(16)14(15(19)20)13(17)8-10/h3-8,18H,2H2,1H3,(H,19,20). The fourth-order valence-electron chi connectivity index (χ4n) is 1.98. The molecule has 5 nitrogen and oxygen atoms in total. The van der Waals surface area contributed by atoms with E-state index in [1.54, 1.807) is 12.1 Å². The largest absolute Gasteiger partial charge is 0.477 e. The van der Waals surface area contributed by atoms with Gasteiger partial charge in [0, 0.05) is 0 Å². The number of carboxylic acids is 1. The summed E-state index contributed by atoms with van der Waals surface area (Å²) in [5, 5.41) is 8.69. The van der Waals surface area contributed by atoms with Crippen molar-refractivity contribution in [1.82, 2.24) is 0 Å². The molecular formula is C15H13F2NO4S. The molecule has 0 heterocycles. The second kappa shape index (κ2) is 6.33. The van der Waals surface area contributed by atoms with E-state index in [1.807, 2.05) is 11.6 Å². The van der Waals surface area contributed by atoms with Crippen molar-refractivity contribution in [3.8, 4) is 0 Å². The Morgan fingerprint density at radius 3 is 2.30 bits per heavy atom. The Kier molecular flexibility index (Phi) is 4.65. The summed E-state index contributed by atoms with van der Waals surface area (Å²) in [6.07, 6.45) is 0.625. The minimum absolute atomic E-state index is 0.0556. The molecule has 8 heteroatoms. The molecular weight excluding hydrogens is 328 g/mol. The number of anilines is 1. The van der Waals surface area contributed by atoms with Gasteiger partial charge in [-0.25, -0.2) is 22.0 Å². The van der Waals surface area contributed by atoms with Crippen LogP contribution in [0.5, 0.6) is 0 Å². The van der Waals surface area contributed by atoms with Crippen molar-refractivity contribution in [3.63, 3.8) is 0 Å². The number of nitrogens with one attached hydrogen (secondary N) is 1. The maximum atomic E-state index is 13.6. The van der Waals surface area contributed by atoms with E-state index in [0.717, 1.165) is 5.56 Å². The van der Waals surface area contributed by atoms with Gasteiger partial charge < -0.3 is 5.11 Å². The predicted octanol–water partition coefficient (Wildman–Crippen LogP) is 3.03. The van der Waals surface area contributed by atoms with E-state index in [4.69, 9.17) is 5.11 Å². The molecule has 0 fully saturated rings. The second-order valence-corrected chi connectivity index (χ2v) is 6.41. The summed E-state index contributed by atoms with van der Waals surface area (Å²) in [7, 11) is -4.04. The second-order valence-electron chi connectivity index (χ2n) is 4.73. The minimum atomic E-state index is -4.04. The van der Waals surface area contributed by atoms with E-state index in [1.165, 1.54) is 12.1 Å². The number of halogens is 2. The SMILES string of the molecule is CCc1cccc(S(=O)(=O)Nc2cc(F)c(C(=O)O)c(F)c2)c1. The van der Waals surface area contributed by atoms with Crippen molar-refractivity contribution in [1.29, 1.82) is 0 Å². The van der Waals surface area contributed by atoms with Crippen LogP contribution in [-0.4, -0.2) is 19.5 Å². The number of hydrogen-bond donors (Lipinski definition) is 2. The molecule has 0 aliphatic heterocycles. The zero-order chi connectivity index (χ0) is 17.2. The number of hydrogen-bond acceptors (Lipinski definition) is 3. The highest BCUT2D eigenvalue weighted by molar-refractivity contribution is 7.92. The fourth-order valence-corrected chi connectivity index (χ4v) is 3.09. The van der Waals surface area contributed by atoms with Crippen LogP contribution in [0.25, 0.3) is 0 Å². The lowest BCUT2D eigenvalue weighted by molar-refractivity contribution is 0.0686. The number of aromatic carboxylic acids is 1. The molecule has 122 valence electrons. The number of benzene rings is 2. The van der Waals surface area contributed by atoms with Crippen LogP contribution >= 0.6 is 0 Å². The number of carbonyl (C=O) groups is 1. The summed E-state index contributed by atoms with van der Waals surface area (Å²) in [5.74, 6) is -4.50.